The summed E-state index contributed by atoms with van der Waals surface area (Å²) in [7, 11) is 2.14. The van der Waals surface area contributed by atoms with E-state index in [0.717, 1.165) is 39.1 Å². The quantitative estimate of drug-likeness (QED) is 0.778. The predicted octanol–water partition coefficient (Wildman–Crippen LogP) is 0.462. The summed E-state index contributed by atoms with van der Waals surface area (Å²) in [6.45, 7) is 5.40. The van der Waals surface area contributed by atoms with Crippen LogP contribution in [0.4, 0.5) is 4.39 Å². The Morgan fingerprint density at radius 1 is 1.37 bits per heavy atom. The molecule has 2 atom stereocenters. The number of likely N-dealkylation sites (N-methyl/N-ethyl adjacent to an activating group) is 1. The zero-order valence-corrected chi connectivity index (χ0v) is 11.7. The lowest BCUT2D eigenvalue weighted by molar-refractivity contribution is 0.147. The minimum absolute atomic E-state index is 0.465. The first-order chi connectivity index (χ1) is 8.99. The lowest BCUT2D eigenvalue weighted by atomic mass is 9.85. The lowest BCUT2D eigenvalue weighted by Crippen LogP contribution is -2.49. The van der Waals surface area contributed by atoms with Crippen LogP contribution in [0.2, 0.25) is 0 Å². The van der Waals surface area contributed by atoms with Crippen LogP contribution in [0.15, 0.2) is 23.9 Å². The first-order valence-corrected chi connectivity index (χ1v) is 7.00. The van der Waals surface area contributed by atoms with Crippen LogP contribution in [-0.4, -0.2) is 61.3 Å². The SMILES string of the molecule is CN1CCN(CCCC2(N)C=CC(N)=CC2F)CC1. The fourth-order valence-electron chi connectivity index (χ4n) is 2.62. The third-order valence-electron chi connectivity index (χ3n) is 4.12. The highest BCUT2D eigenvalue weighted by atomic mass is 19.1. The topological polar surface area (TPSA) is 58.5 Å². The summed E-state index contributed by atoms with van der Waals surface area (Å²) in [5.41, 5.74) is 11.3. The molecule has 0 aromatic carbocycles. The lowest BCUT2D eigenvalue weighted by Gasteiger charge is -2.34. The van der Waals surface area contributed by atoms with Crippen molar-refractivity contribution in [1.29, 1.82) is 0 Å². The summed E-state index contributed by atoms with van der Waals surface area (Å²) in [6.07, 6.45) is 5.24. The van der Waals surface area contributed by atoms with Crippen LogP contribution in [0, 0.1) is 0 Å². The van der Waals surface area contributed by atoms with Crippen LogP contribution in [-0.2, 0) is 0 Å². The summed E-state index contributed by atoms with van der Waals surface area (Å²) in [5.74, 6) is 0. The van der Waals surface area contributed by atoms with Crippen molar-refractivity contribution in [3.63, 3.8) is 0 Å². The minimum Gasteiger partial charge on any atom is -0.399 e. The molecule has 1 saturated heterocycles. The van der Waals surface area contributed by atoms with E-state index in [9.17, 15) is 4.39 Å². The van der Waals surface area contributed by atoms with E-state index in [1.54, 1.807) is 12.2 Å². The van der Waals surface area contributed by atoms with Crippen LogP contribution in [0.5, 0.6) is 0 Å². The summed E-state index contributed by atoms with van der Waals surface area (Å²) < 4.78 is 13.9. The molecular weight excluding hydrogens is 243 g/mol. The van der Waals surface area contributed by atoms with Crippen molar-refractivity contribution >= 4 is 0 Å². The van der Waals surface area contributed by atoms with Gasteiger partial charge in [0.05, 0.1) is 5.54 Å². The molecular formula is C14H25FN4. The van der Waals surface area contributed by atoms with Crippen LogP contribution >= 0.6 is 0 Å². The third kappa shape index (κ3) is 3.78. The van der Waals surface area contributed by atoms with Gasteiger partial charge in [-0.05, 0) is 38.6 Å². The Morgan fingerprint density at radius 2 is 2.05 bits per heavy atom. The van der Waals surface area contributed by atoms with Crippen LogP contribution in [0.3, 0.4) is 0 Å². The molecule has 108 valence electrons. The van der Waals surface area contributed by atoms with Gasteiger partial charge in [0, 0.05) is 31.9 Å². The van der Waals surface area contributed by atoms with E-state index in [0.29, 0.717) is 12.1 Å². The van der Waals surface area contributed by atoms with Crippen molar-refractivity contribution in [2.75, 3.05) is 39.8 Å². The zero-order valence-electron chi connectivity index (χ0n) is 11.7. The van der Waals surface area contributed by atoms with E-state index in [2.05, 4.69) is 16.8 Å². The van der Waals surface area contributed by atoms with Crippen molar-refractivity contribution < 1.29 is 4.39 Å². The number of nitrogens with two attached hydrogens (primary N) is 2. The van der Waals surface area contributed by atoms with Gasteiger partial charge in [-0.3, -0.25) is 0 Å². The Hall–Kier alpha value is -0.910. The van der Waals surface area contributed by atoms with E-state index in [1.807, 2.05) is 0 Å². The second kappa shape index (κ2) is 6.03. The molecule has 2 unspecified atom stereocenters. The minimum atomic E-state index is -1.18. The highest BCUT2D eigenvalue weighted by Gasteiger charge is 2.33. The average molecular weight is 268 g/mol. The molecule has 2 aliphatic rings. The van der Waals surface area contributed by atoms with E-state index >= 15 is 0 Å². The van der Waals surface area contributed by atoms with Gasteiger partial charge in [0.25, 0.3) is 0 Å². The molecule has 1 aliphatic carbocycles. The highest BCUT2D eigenvalue weighted by Crippen LogP contribution is 2.25. The number of hydrogen-bond donors (Lipinski definition) is 2. The molecule has 1 heterocycles. The molecule has 4 N–H and O–H groups in total. The van der Waals surface area contributed by atoms with E-state index in [1.165, 1.54) is 6.08 Å². The van der Waals surface area contributed by atoms with Gasteiger partial charge in [-0.25, -0.2) is 4.39 Å². The standard InChI is InChI=1S/C14H25FN4/c1-18-7-9-19(10-8-18)6-2-4-14(17)5-3-12(16)11-13(14)15/h3,5,11,13H,2,4,6-10,16-17H2,1H3. The Bertz CT molecular complexity index is 360. The molecule has 0 saturated carbocycles. The molecule has 0 aromatic heterocycles. The van der Waals surface area contributed by atoms with Gasteiger partial charge in [0.1, 0.15) is 6.17 Å². The second-order valence-corrected chi connectivity index (χ2v) is 5.76. The Balaban J connectivity index is 1.75. The molecule has 0 radical (unpaired) electrons. The van der Waals surface area contributed by atoms with Crippen LogP contribution in [0.25, 0.3) is 0 Å². The summed E-state index contributed by atoms with van der Waals surface area (Å²) in [4.78, 5) is 4.75. The Kier molecular flexibility index (Phi) is 4.60. The maximum Gasteiger partial charge on any atom is 0.142 e. The third-order valence-corrected chi connectivity index (χ3v) is 4.12. The van der Waals surface area contributed by atoms with Crippen molar-refractivity contribution in [3.05, 3.63) is 23.9 Å². The van der Waals surface area contributed by atoms with Crippen LogP contribution < -0.4 is 11.5 Å². The Labute approximate surface area is 114 Å². The largest absolute Gasteiger partial charge is 0.399 e. The molecule has 0 bridgehead atoms. The van der Waals surface area contributed by atoms with Crippen LogP contribution in [0.1, 0.15) is 12.8 Å². The summed E-state index contributed by atoms with van der Waals surface area (Å²) in [6, 6.07) is 0. The van der Waals surface area contributed by atoms with Gasteiger partial charge in [0.15, 0.2) is 0 Å². The molecule has 0 amide bonds. The van der Waals surface area contributed by atoms with E-state index in [4.69, 9.17) is 11.5 Å². The maximum absolute atomic E-state index is 13.9. The Morgan fingerprint density at radius 3 is 2.68 bits per heavy atom. The van der Waals surface area contributed by atoms with Crippen molar-refractivity contribution in [2.24, 2.45) is 11.5 Å². The predicted molar refractivity (Wildman–Crippen MR) is 76.4 cm³/mol. The van der Waals surface area contributed by atoms with Crippen molar-refractivity contribution in [3.8, 4) is 0 Å². The molecule has 4 nitrogen and oxygen atoms in total. The van der Waals surface area contributed by atoms with Gasteiger partial charge in [-0.15, -0.1) is 0 Å². The molecule has 1 aliphatic heterocycles. The number of piperazine rings is 1. The van der Waals surface area contributed by atoms with Gasteiger partial charge >= 0.3 is 0 Å². The fourth-order valence-corrected chi connectivity index (χ4v) is 2.62. The van der Waals surface area contributed by atoms with Gasteiger partial charge in [-0.1, -0.05) is 6.08 Å². The summed E-state index contributed by atoms with van der Waals surface area (Å²) >= 11 is 0. The smallest absolute Gasteiger partial charge is 0.142 e. The first kappa shape index (κ1) is 14.5. The number of nitrogens with zero attached hydrogens (tertiary/aromatic N) is 2. The molecule has 2 rings (SSSR count). The van der Waals surface area contributed by atoms with Crippen molar-refractivity contribution in [1.82, 2.24) is 9.80 Å². The van der Waals surface area contributed by atoms with E-state index < -0.39 is 11.7 Å². The summed E-state index contributed by atoms with van der Waals surface area (Å²) in [5, 5.41) is 0. The second-order valence-electron chi connectivity index (χ2n) is 5.76. The number of hydrogen-bond acceptors (Lipinski definition) is 4. The number of halogens is 1. The highest BCUT2D eigenvalue weighted by molar-refractivity contribution is 5.30. The molecule has 19 heavy (non-hydrogen) atoms. The van der Waals surface area contributed by atoms with Gasteiger partial charge in [-0.2, -0.15) is 0 Å². The molecule has 1 fully saturated rings. The molecule has 0 spiro atoms. The fraction of sp³-hybridized carbons (Fsp3) is 0.714. The maximum atomic E-state index is 13.9. The normalized spacial score (nSPS) is 33.4. The van der Waals surface area contributed by atoms with Gasteiger partial charge < -0.3 is 21.3 Å². The number of alkyl halides is 1. The van der Waals surface area contributed by atoms with Crippen molar-refractivity contribution in [2.45, 2.75) is 24.6 Å². The number of rotatable bonds is 4. The first-order valence-electron chi connectivity index (χ1n) is 7.00. The van der Waals surface area contributed by atoms with Gasteiger partial charge in [0.2, 0.25) is 0 Å². The zero-order chi connectivity index (χ0) is 13.9. The molecule has 5 heteroatoms. The monoisotopic (exact) mass is 268 g/mol. The van der Waals surface area contributed by atoms with E-state index in [-0.39, 0.29) is 0 Å². The molecule has 0 aromatic rings. The average Bonchev–Trinajstić information content (AvgIpc) is 2.37. The number of allylic oxidation sites excluding steroid dienone is 1.